The van der Waals surface area contributed by atoms with Gasteiger partial charge in [0, 0.05) is 5.56 Å². The SMILES string of the molecule is CC(C)(C)c1cc(O)c(C(C)(C)C)c(C(C)(C)C)c1CC[Si](C)(C)c1ccccc1. The quantitative estimate of drug-likeness (QED) is 0.505. The minimum Gasteiger partial charge on any atom is -0.508 e. The van der Waals surface area contributed by atoms with E-state index in [1.54, 1.807) is 0 Å². The van der Waals surface area contributed by atoms with Gasteiger partial charge in [0.1, 0.15) is 5.75 Å². The van der Waals surface area contributed by atoms with Crippen molar-refractivity contribution >= 4 is 13.3 Å². The third-order valence-electron chi connectivity index (χ3n) is 6.28. The average Bonchev–Trinajstić information content (AvgIpc) is 2.57. The monoisotopic (exact) mass is 424 g/mol. The summed E-state index contributed by atoms with van der Waals surface area (Å²) in [7, 11) is -1.57. The molecule has 0 aliphatic heterocycles. The van der Waals surface area contributed by atoms with Gasteiger partial charge < -0.3 is 5.11 Å². The maximum atomic E-state index is 11.2. The molecule has 0 amide bonds. The van der Waals surface area contributed by atoms with Crippen molar-refractivity contribution in [1.82, 2.24) is 0 Å². The fourth-order valence-electron chi connectivity index (χ4n) is 4.70. The second kappa shape index (κ2) is 8.18. The van der Waals surface area contributed by atoms with Crippen molar-refractivity contribution in [3.8, 4) is 5.75 Å². The number of rotatable bonds is 4. The van der Waals surface area contributed by atoms with Crippen LogP contribution in [0.25, 0.3) is 0 Å². The van der Waals surface area contributed by atoms with Crippen molar-refractivity contribution in [1.29, 1.82) is 0 Å². The Morgan fingerprint density at radius 1 is 0.733 bits per heavy atom. The van der Waals surface area contributed by atoms with E-state index < -0.39 is 8.07 Å². The van der Waals surface area contributed by atoms with E-state index in [0.717, 1.165) is 12.0 Å². The van der Waals surface area contributed by atoms with Crippen molar-refractivity contribution in [3.63, 3.8) is 0 Å². The summed E-state index contributed by atoms with van der Waals surface area (Å²) in [6.45, 7) is 25.4. The van der Waals surface area contributed by atoms with Gasteiger partial charge in [-0.25, -0.2) is 0 Å². The third-order valence-corrected chi connectivity index (χ3v) is 9.67. The number of aromatic hydroxyl groups is 1. The summed E-state index contributed by atoms with van der Waals surface area (Å²) in [4.78, 5) is 0. The zero-order valence-corrected chi connectivity index (χ0v) is 22.3. The molecule has 30 heavy (non-hydrogen) atoms. The zero-order chi connectivity index (χ0) is 23.1. The molecule has 166 valence electrons. The Morgan fingerprint density at radius 2 is 1.23 bits per heavy atom. The molecule has 2 heteroatoms. The normalized spacial score (nSPS) is 13.6. The second-order valence-electron chi connectivity index (χ2n) is 12.7. The van der Waals surface area contributed by atoms with Crippen molar-refractivity contribution in [2.24, 2.45) is 0 Å². The van der Waals surface area contributed by atoms with E-state index >= 15 is 0 Å². The Kier molecular flexibility index (Phi) is 6.75. The Balaban J connectivity index is 2.72. The van der Waals surface area contributed by atoms with Crippen LogP contribution in [-0.4, -0.2) is 13.2 Å². The second-order valence-corrected chi connectivity index (χ2v) is 17.5. The molecule has 2 aromatic carbocycles. The van der Waals surface area contributed by atoms with Gasteiger partial charge >= 0.3 is 0 Å². The van der Waals surface area contributed by atoms with Crippen molar-refractivity contribution in [2.75, 3.05) is 0 Å². The van der Waals surface area contributed by atoms with Gasteiger partial charge in [0.25, 0.3) is 0 Å². The van der Waals surface area contributed by atoms with E-state index in [4.69, 9.17) is 0 Å². The van der Waals surface area contributed by atoms with Crippen LogP contribution in [0.4, 0.5) is 0 Å². The topological polar surface area (TPSA) is 20.2 Å². The number of hydrogen-bond acceptors (Lipinski definition) is 1. The van der Waals surface area contributed by atoms with Gasteiger partial charge in [-0.15, -0.1) is 0 Å². The van der Waals surface area contributed by atoms with Gasteiger partial charge in [0.05, 0.1) is 8.07 Å². The first-order valence-electron chi connectivity index (χ1n) is 11.4. The molecule has 0 spiro atoms. The highest BCUT2D eigenvalue weighted by atomic mass is 28.3. The summed E-state index contributed by atoms with van der Waals surface area (Å²) >= 11 is 0. The lowest BCUT2D eigenvalue weighted by Gasteiger charge is -2.37. The number of phenolic OH excluding ortho intramolecular Hbond substituents is 1. The van der Waals surface area contributed by atoms with E-state index in [0.29, 0.717) is 5.75 Å². The van der Waals surface area contributed by atoms with E-state index in [1.807, 2.05) is 0 Å². The van der Waals surface area contributed by atoms with Gasteiger partial charge in [-0.3, -0.25) is 0 Å². The predicted octanol–water partition coefficient (Wildman–Crippen LogP) is 7.44. The maximum absolute atomic E-state index is 11.2. The van der Waals surface area contributed by atoms with Crippen LogP contribution in [-0.2, 0) is 22.7 Å². The predicted molar refractivity (Wildman–Crippen MR) is 136 cm³/mol. The van der Waals surface area contributed by atoms with Crippen molar-refractivity contribution < 1.29 is 5.11 Å². The molecule has 2 rings (SSSR count). The molecule has 0 saturated heterocycles. The minimum atomic E-state index is -1.57. The van der Waals surface area contributed by atoms with Crippen LogP contribution in [0.2, 0.25) is 19.1 Å². The number of hydrogen-bond donors (Lipinski definition) is 1. The fourth-order valence-corrected chi connectivity index (χ4v) is 6.96. The smallest absolute Gasteiger partial charge is 0.119 e. The van der Waals surface area contributed by atoms with Crippen LogP contribution < -0.4 is 5.19 Å². The van der Waals surface area contributed by atoms with Gasteiger partial charge in [-0.1, -0.05) is 111 Å². The number of phenols is 1. The molecule has 0 radical (unpaired) electrons. The van der Waals surface area contributed by atoms with Gasteiger partial charge in [0.15, 0.2) is 0 Å². The van der Waals surface area contributed by atoms with E-state index in [1.165, 1.54) is 27.9 Å². The molecule has 0 atom stereocenters. The van der Waals surface area contributed by atoms with Gasteiger partial charge in [-0.2, -0.15) is 0 Å². The lowest BCUT2D eigenvalue weighted by Crippen LogP contribution is -2.41. The summed E-state index contributed by atoms with van der Waals surface area (Å²) in [5.41, 5.74) is 5.10. The Hall–Kier alpha value is -1.54. The van der Waals surface area contributed by atoms with Crippen LogP contribution >= 0.6 is 0 Å². The largest absolute Gasteiger partial charge is 0.508 e. The first-order chi connectivity index (χ1) is 13.5. The van der Waals surface area contributed by atoms with Gasteiger partial charge in [0.2, 0.25) is 0 Å². The zero-order valence-electron chi connectivity index (χ0n) is 21.3. The molecule has 1 nitrogen and oxygen atoms in total. The highest BCUT2D eigenvalue weighted by molar-refractivity contribution is 6.89. The highest BCUT2D eigenvalue weighted by Gasteiger charge is 2.35. The lowest BCUT2D eigenvalue weighted by atomic mass is 9.68. The third kappa shape index (κ3) is 5.38. The molecule has 1 N–H and O–H groups in total. The molecule has 0 aliphatic rings. The molecular formula is C28H44OSi. The lowest BCUT2D eigenvalue weighted by molar-refractivity contribution is 0.428. The van der Waals surface area contributed by atoms with Crippen molar-refractivity contribution in [3.05, 3.63) is 58.7 Å². The van der Waals surface area contributed by atoms with E-state index in [2.05, 4.69) is 112 Å². The summed E-state index contributed by atoms with van der Waals surface area (Å²) < 4.78 is 0. The Labute approximate surface area is 187 Å². The van der Waals surface area contributed by atoms with E-state index in [-0.39, 0.29) is 16.2 Å². The molecule has 0 bridgehead atoms. The molecule has 0 saturated carbocycles. The standard InChI is InChI=1S/C28H44OSi/c1-26(2,3)22-19-23(29)25(28(7,8)9)24(27(4,5)6)21(22)17-18-30(10,11)20-15-13-12-14-16-20/h12-16,19,29H,17-18H2,1-11H3. The van der Waals surface area contributed by atoms with Gasteiger partial charge in [-0.05, 0) is 51.5 Å². The molecule has 0 unspecified atom stereocenters. The highest BCUT2D eigenvalue weighted by Crippen LogP contribution is 2.46. The maximum Gasteiger partial charge on any atom is 0.119 e. The van der Waals surface area contributed by atoms with E-state index in [9.17, 15) is 5.11 Å². The minimum absolute atomic E-state index is 0.0122. The van der Waals surface area contributed by atoms with Crippen LogP contribution in [0.15, 0.2) is 36.4 Å². The van der Waals surface area contributed by atoms with Crippen LogP contribution in [0.1, 0.15) is 84.6 Å². The summed E-state index contributed by atoms with van der Waals surface area (Å²) in [5, 5.41) is 12.7. The first kappa shape index (κ1) is 24.7. The molecule has 0 aliphatic carbocycles. The molecule has 0 aromatic heterocycles. The summed E-state index contributed by atoms with van der Waals surface area (Å²) in [6.07, 6.45) is 1.07. The Bertz CT molecular complexity index is 872. The number of benzene rings is 2. The van der Waals surface area contributed by atoms with Crippen LogP contribution in [0.5, 0.6) is 5.75 Å². The molecule has 2 aromatic rings. The fraction of sp³-hybridized carbons (Fsp3) is 0.571. The summed E-state index contributed by atoms with van der Waals surface area (Å²) in [5.74, 6) is 0.459. The van der Waals surface area contributed by atoms with Crippen LogP contribution in [0.3, 0.4) is 0 Å². The average molecular weight is 425 g/mol. The molecule has 0 heterocycles. The summed E-state index contributed by atoms with van der Waals surface area (Å²) in [6, 6.07) is 14.3. The van der Waals surface area contributed by atoms with Crippen LogP contribution in [0, 0.1) is 0 Å². The first-order valence-corrected chi connectivity index (χ1v) is 14.6. The van der Waals surface area contributed by atoms with Crippen molar-refractivity contribution in [2.45, 2.75) is 104 Å². The molecule has 0 fully saturated rings. The molecular weight excluding hydrogens is 380 g/mol. The Morgan fingerprint density at radius 3 is 1.67 bits per heavy atom.